The summed E-state index contributed by atoms with van der Waals surface area (Å²) in [5.41, 5.74) is 2.69. The summed E-state index contributed by atoms with van der Waals surface area (Å²) in [5.74, 6) is 1.69. The molecule has 0 amide bonds. The minimum atomic E-state index is -0.0596. The second-order valence-corrected chi connectivity index (χ2v) is 7.11. The quantitative estimate of drug-likeness (QED) is 0.512. The third kappa shape index (κ3) is 4.63. The molecule has 2 aromatic rings. The molecule has 1 heterocycles. The van der Waals surface area contributed by atoms with Crippen molar-refractivity contribution in [3.63, 3.8) is 0 Å². The number of ether oxygens (including phenoxy) is 2. The number of piperidine rings is 1. The van der Waals surface area contributed by atoms with Crippen molar-refractivity contribution >= 4 is 11.9 Å². The largest absolute Gasteiger partial charge is 0.496 e. The molecule has 0 aromatic heterocycles. The molecule has 1 aliphatic heterocycles. The third-order valence-electron chi connectivity index (χ3n) is 5.52. The Labute approximate surface area is 167 Å². The Bertz CT molecular complexity index is 821. The fourth-order valence-corrected chi connectivity index (χ4v) is 3.82. The molecule has 0 N–H and O–H groups in total. The van der Waals surface area contributed by atoms with Crippen molar-refractivity contribution in [2.45, 2.75) is 25.7 Å². The molecule has 148 valence electrons. The second kappa shape index (κ2) is 9.56. The monoisotopic (exact) mass is 379 g/mol. The fourth-order valence-electron chi connectivity index (χ4n) is 3.82. The topological polar surface area (TPSA) is 38.8 Å². The number of carbonyl (C=O) groups is 1. The van der Waals surface area contributed by atoms with Crippen LogP contribution in [0.25, 0.3) is 6.08 Å². The van der Waals surface area contributed by atoms with Crippen molar-refractivity contribution in [1.82, 2.24) is 4.90 Å². The summed E-state index contributed by atoms with van der Waals surface area (Å²) >= 11 is 0. The molecule has 0 unspecified atom stereocenters. The third-order valence-corrected chi connectivity index (χ3v) is 5.52. The number of allylic oxidation sites excluding steroid dienone is 1. The minimum absolute atomic E-state index is 0.0596. The molecule has 4 heteroatoms. The molecule has 1 fully saturated rings. The minimum Gasteiger partial charge on any atom is -0.496 e. The average Bonchev–Trinajstić information content (AvgIpc) is 2.77. The number of hydrogen-bond donors (Lipinski definition) is 0. The van der Waals surface area contributed by atoms with Crippen molar-refractivity contribution < 1.29 is 14.3 Å². The van der Waals surface area contributed by atoms with Crippen molar-refractivity contribution in [1.29, 1.82) is 0 Å². The molecule has 28 heavy (non-hydrogen) atoms. The van der Waals surface area contributed by atoms with Gasteiger partial charge in [-0.3, -0.25) is 4.79 Å². The molecule has 3 rings (SSSR count). The van der Waals surface area contributed by atoms with Gasteiger partial charge in [-0.15, -0.1) is 0 Å². The predicted octanol–water partition coefficient (Wildman–Crippen LogP) is 4.80. The molecule has 1 aliphatic rings. The average molecular weight is 380 g/mol. The zero-order valence-corrected chi connectivity index (χ0v) is 17.0. The van der Waals surface area contributed by atoms with E-state index in [9.17, 15) is 4.79 Å². The first kappa shape index (κ1) is 20.2. The van der Waals surface area contributed by atoms with Gasteiger partial charge < -0.3 is 14.4 Å². The molecular formula is C24H29NO3. The van der Waals surface area contributed by atoms with Gasteiger partial charge >= 0.3 is 0 Å². The first-order valence-electron chi connectivity index (χ1n) is 9.92. The zero-order chi connectivity index (χ0) is 19.9. The summed E-state index contributed by atoms with van der Waals surface area (Å²) in [4.78, 5) is 15.4. The highest BCUT2D eigenvalue weighted by Crippen LogP contribution is 2.38. The second-order valence-electron chi connectivity index (χ2n) is 7.11. The van der Waals surface area contributed by atoms with E-state index in [4.69, 9.17) is 9.47 Å². The van der Waals surface area contributed by atoms with E-state index in [-0.39, 0.29) is 5.78 Å². The summed E-state index contributed by atoms with van der Waals surface area (Å²) in [7, 11) is 3.27. The van der Waals surface area contributed by atoms with Gasteiger partial charge in [0.05, 0.1) is 19.8 Å². The van der Waals surface area contributed by atoms with Crippen molar-refractivity contribution in [3.05, 3.63) is 65.2 Å². The molecule has 1 saturated heterocycles. The van der Waals surface area contributed by atoms with Crippen LogP contribution in [0.5, 0.6) is 11.5 Å². The molecule has 2 aromatic carbocycles. The lowest BCUT2D eigenvalue weighted by molar-refractivity contribution is 0.104. The van der Waals surface area contributed by atoms with Crippen LogP contribution in [-0.2, 0) is 0 Å². The van der Waals surface area contributed by atoms with Crippen LogP contribution in [0.15, 0.2) is 48.5 Å². The fraction of sp³-hybridized carbons (Fsp3) is 0.375. The van der Waals surface area contributed by atoms with Gasteiger partial charge in [0, 0.05) is 6.07 Å². The summed E-state index contributed by atoms with van der Waals surface area (Å²) in [6.45, 7) is 5.44. The molecule has 0 saturated carbocycles. The lowest BCUT2D eigenvalue weighted by Crippen LogP contribution is -2.32. The van der Waals surface area contributed by atoms with Gasteiger partial charge in [-0.05, 0) is 61.7 Å². The van der Waals surface area contributed by atoms with Gasteiger partial charge in [-0.25, -0.2) is 0 Å². The lowest BCUT2D eigenvalue weighted by Gasteiger charge is -2.32. The summed E-state index contributed by atoms with van der Waals surface area (Å²) in [6.07, 6.45) is 5.60. The number of nitrogens with zero attached hydrogens (tertiary/aromatic N) is 1. The summed E-state index contributed by atoms with van der Waals surface area (Å²) in [6, 6.07) is 13.6. The Kier molecular flexibility index (Phi) is 6.88. The smallest absolute Gasteiger partial charge is 0.189 e. The Hall–Kier alpha value is -2.59. The van der Waals surface area contributed by atoms with Crippen LogP contribution >= 0.6 is 0 Å². The number of ketones is 1. The first-order valence-corrected chi connectivity index (χ1v) is 9.92. The number of carbonyl (C=O) groups excluding carboxylic acids is 1. The van der Waals surface area contributed by atoms with Gasteiger partial charge in [0.15, 0.2) is 5.78 Å². The summed E-state index contributed by atoms with van der Waals surface area (Å²) in [5, 5.41) is 0. The van der Waals surface area contributed by atoms with Crippen LogP contribution in [0, 0.1) is 0 Å². The highest BCUT2D eigenvalue weighted by molar-refractivity contribution is 6.09. The standard InChI is InChI=1S/C24H29NO3/c1-4-25-14-12-19(13-15-25)20-16-21(24(28-3)17-23(20)27-2)22(26)11-10-18-8-6-5-7-9-18/h5-11,16-17,19H,4,12-15H2,1-3H3/b11-10+. The molecule has 4 nitrogen and oxygen atoms in total. The normalized spacial score (nSPS) is 15.7. The Morgan fingerprint density at radius 3 is 2.36 bits per heavy atom. The van der Waals surface area contributed by atoms with Gasteiger partial charge in [0.1, 0.15) is 11.5 Å². The van der Waals surface area contributed by atoms with Gasteiger partial charge in [-0.1, -0.05) is 43.3 Å². The molecule has 0 radical (unpaired) electrons. The van der Waals surface area contributed by atoms with Crippen LogP contribution in [0.1, 0.15) is 47.2 Å². The number of rotatable bonds is 7. The van der Waals surface area contributed by atoms with Gasteiger partial charge in [0.25, 0.3) is 0 Å². The molecular weight excluding hydrogens is 350 g/mol. The Balaban J connectivity index is 1.89. The Morgan fingerprint density at radius 2 is 1.75 bits per heavy atom. The van der Waals surface area contributed by atoms with Crippen LogP contribution < -0.4 is 9.47 Å². The van der Waals surface area contributed by atoms with Gasteiger partial charge in [0.2, 0.25) is 0 Å². The SMILES string of the molecule is CCN1CCC(c2cc(C(=O)/C=C/c3ccccc3)c(OC)cc2OC)CC1. The molecule has 0 bridgehead atoms. The van der Waals surface area contributed by atoms with Crippen LogP contribution in [0.2, 0.25) is 0 Å². The highest BCUT2D eigenvalue weighted by atomic mass is 16.5. The van der Waals surface area contributed by atoms with Crippen LogP contribution in [-0.4, -0.2) is 44.5 Å². The maximum absolute atomic E-state index is 12.9. The molecule has 0 atom stereocenters. The van der Waals surface area contributed by atoms with Crippen LogP contribution in [0.3, 0.4) is 0 Å². The van der Waals surface area contributed by atoms with E-state index in [1.165, 1.54) is 0 Å². The first-order chi connectivity index (χ1) is 13.7. The van der Waals surface area contributed by atoms with E-state index in [1.807, 2.05) is 48.5 Å². The number of benzene rings is 2. The maximum Gasteiger partial charge on any atom is 0.189 e. The Morgan fingerprint density at radius 1 is 1.07 bits per heavy atom. The number of likely N-dealkylation sites (tertiary alicyclic amines) is 1. The van der Waals surface area contributed by atoms with Crippen molar-refractivity contribution in [3.8, 4) is 11.5 Å². The van der Waals surface area contributed by atoms with E-state index in [0.29, 0.717) is 17.2 Å². The molecule has 0 spiro atoms. The highest BCUT2D eigenvalue weighted by Gasteiger charge is 2.25. The zero-order valence-electron chi connectivity index (χ0n) is 17.0. The maximum atomic E-state index is 12.9. The van der Waals surface area contributed by atoms with Crippen LogP contribution in [0.4, 0.5) is 0 Å². The van der Waals surface area contributed by atoms with Crippen molar-refractivity contribution in [2.24, 2.45) is 0 Å². The van der Waals surface area contributed by atoms with E-state index in [2.05, 4.69) is 11.8 Å². The van der Waals surface area contributed by atoms with E-state index in [1.54, 1.807) is 20.3 Å². The predicted molar refractivity (Wildman–Crippen MR) is 113 cm³/mol. The van der Waals surface area contributed by atoms with E-state index >= 15 is 0 Å². The lowest BCUT2D eigenvalue weighted by atomic mass is 9.87. The van der Waals surface area contributed by atoms with Crippen molar-refractivity contribution in [2.75, 3.05) is 33.9 Å². The number of methoxy groups -OCH3 is 2. The summed E-state index contributed by atoms with van der Waals surface area (Å²) < 4.78 is 11.1. The van der Waals surface area contributed by atoms with E-state index in [0.717, 1.165) is 49.4 Å². The molecule has 0 aliphatic carbocycles. The van der Waals surface area contributed by atoms with Gasteiger partial charge in [-0.2, -0.15) is 0 Å². The van der Waals surface area contributed by atoms with E-state index < -0.39 is 0 Å². The number of hydrogen-bond acceptors (Lipinski definition) is 4.